The van der Waals surface area contributed by atoms with Gasteiger partial charge in [0, 0.05) is 0 Å². The van der Waals surface area contributed by atoms with Crippen LogP contribution in [0.3, 0.4) is 0 Å². The fourth-order valence-corrected chi connectivity index (χ4v) is 2.83. The molecule has 7 heteroatoms. The van der Waals surface area contributed by atoms with Crippen LogP contribution in [0.2, 0.25) is 0 Å². The number of aliphatic hydroxyl groups excluding tert-OH is 2. The summed E-state index contributed by atoms with van der Waals surface area (Å²) < 4.78 is 26.6. The van der Waals surface area contributed by atoms with Crippen molar-refractivity contribution in [3.05, 3.63) is 41.0 Å². The van der Waals surface area contributed by atoms with Gasteiger partial charge in [-0.25, -0.2) is 0 Å². The fraction of sp³-hybridized carbons (Fsp3) is 0.333. The first-order chi connectivity index (χ1) is 12.1. The molecule has 0 aromatic heterocycles. The third-order valence-corrected chi connectivity index (χ3v) is 4.10. The number of hydrogen-bond acceptors (Lipinski definition) is 7. The minimum Gasteiger partial charge on any atom is -0.493 e. The minimum absolute atomic E-state index is 0.115. The van der Waals surface area contributed by atoms with E-state index in [0.29, 0.717) is 45.4 Å². The molecule has 0 aliphatic carbocycles. The van der Waals surface area contributed by atoms with Gasteiger partial charge in [0.15, 0.2) is 23.0 Å². The number of fused-ring (bicyclic) bond motifs is 1. The summed E-state index contributed by atoms with van der Waals surface area (Å²) in [6, 6.07) is 6.66. The van der Waals surface area contributed by atoms with E-state index in [9.17, 15) is 10.2 Å². The number of benzene rings is 2. The maximum absolute atomic E-state index is 10.9. The third kappa shape index (κ3) is 3.04. The van der Waals surface area contributed by atoms with Crippen molar-refractivity contribution >= 4 is 0 Å². The molecule has 1 heterocycles. The predicted molar refractivity (Wildman–Crippen MR) is 88.6 cm³/mol. The summed E-state index contributed by atoms with van der Waals surface area (Å²) in [5.41, 5.74) is 1.59. The van der Waals surface area contributed by atoms with Gasteiger partial charge in [-0.1, -0.05) is 0 Å². The quantitative estimate of drug-likeness (QED) is 0.826. The van der Waals surface area contributed by atoms with E-state index in [1.165, 1.54) is 21.3 Å². The molecule has 2 aromatic rings. The van der Waals surface area contributed by atoms with E-state index in [1.807, 2.05) is 0 Å². The van der Waals surface area contributed by atoms with Gasteiger partial charge in [-0.2, -0.15) is 0 Å². The van der Waals surface area contributed by atoms with Crippen molar-refractivity contribution in [3.8, 4) is 28.7 Å². The van der Waals surface area contributed by atoms with Crippen LogP contribution in [0.15, 0.2) is 24.3 Å². The molecule has 2 aromatic carbocycles. The highest BCUT2D eigenvalue weighted by Crippen LogP contribution is 2.43. The lowest BCUT2D eigenvalue weighted by atomic mass is 9.95. The molecular formula is C18H20O7. The SMILES string of the molecule is COc1cc([C@@H](O)c2cc3c(cc2CO)OCO3)cc(OC)c1OC. The third-order valence-electron chi connectivity index (χ3n) is 4.10. The van der Waals surface area contributed by atoms with Crippen LogP contribution in [0.1, 0.15) is 22.8 Å². The molecule has 1 aliphatic heterocycles. The van der Waals surface area contributed by atoms with Gasteiger partial charge < -0.3 is 33.9 Å². The molecule has 0 unspecified atom stereocenters. The smallest absolute Gasteiger partial charge is 0.231 e. The van der Waals surface area contributed by atoms with E-state index >= 15 is 0 Å². The molecule has 0 fully saturated rings. The van der Waals surface area contributed by atoms with Crippen LogP contribution in [0.5, 0.6) is 28.7 Å². The van der Waals surface area contributed by atoms with Crippen LogP contribution < -0.4 is 23.7 Å². The lowest BCUT2D eigenvalue weighted by Gasteiger charge is -2.19. The summed E-state index contributed by atoms with van der Waals surface area (Å²) in [6.45, 7) is -0.128. The van der Waals surface area contributed by atoms with Gasteiger partial charge in [0.05, 0.1) is 27.9 Å². The molecule has 0 saturated heterocycles. The molecule has 134 valence electrons. The number of aliphatic hydroxyl groups is 2. The van der Waals surface area contributed by atoms with Crippen molar-refractivity contribution in [2.45, 2.75) is 12.7 Å². The van der Waals surface area contributed by atoms with Crippen LogP contribution in [0.4, 0.5) is 0 Å². The predicted octanol–water partition coefficient (Wildman–Crippen LogP) is 2.02. The molecule has 25 heavy (non-hydrogen) atoms. The summed E-state index contributed by atoms with van der Waals surface area (Å²) >= 11 is 0. The number of hydrogen-bond donors (Lipinski definition) is 2. The van der Waals surface area contributed by atoms with Gasteiger partial charge in [0.2, 0.25) is 12.5 Å². The van der Waals surface area contributed by atoms with E-state index in [0.717, 1.165) is 0 Å². The Bertz CT molecular complexity index is 747. The van der Waals surface area contributed by atoms with Crippen molar-refractivity contribution in [2.75, 3.05) is 28.1 Å². The minimum atomic E-state index is -1.02. The number of methoxy groups -OCH3 is 3. The highest BCUT2D eigenvalue weighted by Gasteiger charge is 2.24. The van der Waals surface area contributed by atoms with Crippen LogP contribution in [-0.4, -0.2) is 38.3 Å². The Labute approximate surface area is 145 Å². The Hall–Kier alpha value is -2.64. The summed E-state index contributed by atoms with van der Waals surface area (Å²) in [4.78, 5) is 0. The van der Waals surface area contributed by atoms with Crippen molar-refractivity contribution in [3.63, 3.8) is 0 Å². The first-order valence-electron chi connectivity index (χ1n) is 7.64. The molecule has 7 nitrogen and oxygen atoms in total. The Morgan fingerprint density at radius 2 is 1.56 bits per heavy atom. The van der Waals surface area contributed by atoms with Crippen molar-refractivity contribution < 1.29 is 33.9 Å². The summed E-state index contributed by atoms with van der Waals surface area (Å²) in [5.74, 6) is 2.38. The average Bonchev–Trinajstić information content (AvgIpc) is 3.12. The van der Waals surface area contributed by atoms with Crippen LogP contribution in [0, 0.1) is 0 Å². The van der Waals surface area contributed by atoms with Crippen LogP contribution in [-0.2, 0) is 6.61 Å². The van der Waals surface area contributed by atoms with Crippen molar-refractivity contribution in [2.24, 2.45) is 0 Å². The topological polar surface area (TPSA) is 86.6 Å². The monoisotopic (exact) mass is 348 g/mol. The second-order valence-electron chi connectivity index (χ2n) is 5.42. The van der Waals surface area contributed by atoms with Gasteiger partial charge >= 0.3 is 0 Å². The van der Waals surface area contributed by atoms with E-state index in [2.05, 4.69) is 0 Å². The molecule has 2 N–H and O–H groups in total. The molecule has 0 radical (unpaired) electrons. The second kappa shape index (κ2) is 7.08. The largest absolute Gasteiger partial charge is 0.493 e. The normalized spacial score (nSPS) is 13.5. The highest BCUT2D eigenvalue weighted by atomic mass is 16.7. The maximum Gasteiger partial charge on any atom is 0.231 e. The van der Waals surface area contributed by atoms with Gasteiger partial charge in [-0.3, -0.25) is 0 Å². The van der Waals surface area contributed by atoms with Crippen LogP contribution >= 0.6 is 0 Å². The maximum atomic E-state index is 10.9. The lowest BCUT2D eigenvalue weighted by molar-refractivity contribution is 0.173. The Kier molecular flexibility index (Phi) is 4.87. The van der Waals surface area contributed by atoms with Gasteiger partial charge in [0.1, 0.15) is 6.10 Å². The first kappa shape index (κ1) is 17.2. The molecule has 1 atom stereocenters. The van der Waals surface area contributed by atoms with E-state index in [-0.39, 0.29) is 13.4 Å². The Morgan fingerprint density at radius 1 is 0.960 bits per heavy atom. The fourth-order valence-electron chi connectivity index (χ4n) is 2.83. The molecular weight excluding hydrogens is 328 g/mol. The van der Waals surface area contributed by atoms with Crippen molar-refractivity contribution in [1.29, 1.82) is 0 Å². The molecule has 0 saturated carbocycles. The molecule has 1 aliphatic rings. The van der Waals surface area contributed by atoms with Gasteiger partial charge in [0.25, 0.3) is 0 Å². The highest BCUT2D eigenvalue weighted by molar-refractivity contribution is 5.57. The number of rotatable bonds is 6. The van der Waals surface area contributed by atoms with E-state index in [1.54, 1.807) is 24.3 Å². The Balaban J connectivity index is 2.08. The van der Waals surface area contributed by atoms with Crippen molar-refractivity contribution in [1.82, 2.24) is 0 Å². The summed E-state index contributed by atoms with van der Waals surface area (Å²) in [6.07, 6.45) is -1.02. The van der Waals surface area contributed by atoms with E-state index in [4.69, 9.17) is 23.7 Å². The molecule has 0 amide bonds. The molecule has 0 bridgehead atoms. The second-order valence-corrected chi connectivity index (χ2v) is 5.42. The Morgan fingerprint density at radius 3 is 2.08 bits per heavy atom. The summed E-state index contributed by atoms with van der Waals surface area (Å²) in [5, 5.41) is 20.5. The van der Waals surface area contributed by atoms with Crippen LogP contribution in [0.25, 0.3) is 0 Å². The molecule has 0 spiro atoms. The molecule has 3 rings (SSSR count). The standard InChI is InChI=1S/C18H20O7/c1-21-15-4-10(5-16(22-2)18(15)23-3)17(20)12-7-14-13(24-9-25-14)6-11(12)8-19/h4-7,17,19-20H,8-9H2,1-3H3/t17-/m1/s1. The first-order valence-corrected chi connectivity index (χ1v) is 7.64. The average molecular weight is 348 g/mol. The zero-order chi connectivity index (χ0) is 18.0. The zero-order valence-electron chi connectivity index (χ0n) is 14.2. The summed E-state index contributed by atoms with van der Waals surface area (Å²) in [7, 11) is 4.53. The van der Waals surface area contributed by atoms with E-state index < -0.39 is 6.10 Å². The van der Waals surface area contributed by atoms with Gasteiger partial charge in [-0.05, 0) is 41.0 Å². The van der Waals surface area contributed by atoms with Gasteiger partial charge in [-0.15, -0.1) is 0 Å². The number of ether oxygens (including phenoxy) is 5. The zero-order valence-corrected chi connectivity index (χ0v) is 14.2. The lowest BCUT2D eigenvalue weighted by Crippen LogP contribution is -2.06.